The minimum Gasteiger partial charge on any atom is -0.508 e. The number of phenolic OH excluding ortho intramolecular Hbond substituents is 2. The van der Waals surface area contributed by atoms with Crippen LogP contribution in [0.15, 0.2) is 42.7 Å². The lowest BCUT2D eigenvalue weighted by Gasteiger charge is -2.41. The van der Waals surface area contributed by atoms with E-state index in [0.29, 0.717) is 17.7 Å². The number of H-pyrrole nitrogens is 1. The molecule has 1 saturated carbocycles. The number of hydrogen-bond acceptors (Lipinski definition) is 7. The Morgan fingerprint density at radius 1 is 1.08 bits per heavy atom. The fourth-order valence-corrected chi connectivity index (χ4v) is 5.84. The van der Waals surface area contributed by atoms with Gasteiger partial charge in [-0.2, -0.15) is 0 Å². The average Bonchev–Trinajstić information content (AvgIpc) is 3.45. The molecule has 3 aromatic rings. The van der Waals surface area contributed by atoms with Gasteiger partial charge in [-0.05, 0) is 42.2 Å². The average molecular weight is 508 g/mol. The monoisotopic (exact) mass is 507 g/mol. The smallest absolute Gasteiger partial charge is 0.204 e. The quantitative estimate of drug-likeness (QED) is 0.311. The van der Waals surface area contributed by atoms with Gasteiger partial charge in [0, 0.05) is 30.8 Å². The van der Waals surface area contributed by atoms with Gasteiger partial charge in [-0.3, -0.25) is 4.79 Å². The van der Waals surface area contributed by atoms with Crippen molar-refractivity contribution in [2.24, 2.45) is 0 Å². The molecule has 1 atom stereocenters. The van der Waals surface area contributed by atoms with Crippen LogP contribution in [0.2, 0.25) is 0 Å². The van der Waals surface area contributed by atoms with Crippen molar-refractivity contribution in [3.63, 3.8) is 0 Å². The third-order valence-electron chi connectivity index (χ3n) is 7.60. The minimum atomic E-state index is -0.593. The summed E-state index contributed by atoms with van der Waals surface area (Å²) in [6.45, 7) is 0.0776. The van der Waals surface area contributed by atoms with Crippen molar-refractivity contribution >= 4 is 5.78 Å². The highest BCUT2D eigenvalue weighted by molar-refractivity contribution is 6.05. The Labute approximate surface area is 215 Å². The largest absolute Gasteiger partial charge is 0.508 e. The lowest BCUT2D eigenvalue weighted by Crippen LogP contribution is -2.33. The number of carbonyl (C=O) groups is 1. The van der Waals surface area contributed by atoms with E-state index in [1.807, 2.05) is 18.5 Å². The number of carbonyl (C=O) groups excluding carboxylic acids is 1. The molecule has 1 aliphatic carbocycles. The fourth-order valence-electron chi connectivity index (χ4n) is 5.84. The molecule has 0 spiro atoms. The highest BCUT2D eigenvalue weighted by atomic mass is 16.5. The molecule has 1 fully saturated rings. The third-order valence-corrected chi connectivity index (χ3v) is 7.60. The van der Waals surface area contributed by atoms with Crippen molar-refractivity contribution < 1.29 is 34.3 Å². The first-order valence-electron chi connectivity index (χ1n) is 12.8. The van der Waals surface area contributed by atoms with Crippen molar-refractivity contribution in [1.29, 1.82) is 0 Å². The van der Waals surface area contributed by atoms with Crippen LogP contribution in [0.4, 0.5) is 0 Å². The molecule has 0 radical (unpaired) electrons. The Balaban J connectivity index is 1.75. The standard InChI is InChI=1S/C29H33NO7/c1-35-28-25(34)24(29(11-3-2-4-12-29)19-10-13-30-17-19)26-23(27(28)36-15-5-14-31)21(33)16-22(37-26)18-6-8-20(32)9-7-18/h6-10,13,17,22,30-32,34H,2-5,11-12,14-16H2,1H3. The molecule has 196 valence electrons. The van der Waals surface area contributed by atoms with Crippen LogP contribution in [0.1, 0.15) is 78.1 Å². The van der Waals surface area contributed by atoms with Crippen molar-refractivity contribution in [1.82, 2.24) is 4.98 Å². The van der Waals surface area contributed by atoms with Crippen molar-refractivity contribution in [2.75, 3.05) is 20.3 Å². The Bertz CT molecular complexity index is 1240. The molecule has 1 unspecified atom stereocenters. The number of aromatic hydroxyl groups is 2. The number of hydrogen-bond donors (Lipinski definition) is 4. The first-order valence-corrected chi connectivity index (χ1v) is 12.8. The summed E-state index contributed by atoms with van der Waals surface area (Å²) in [7, 11) is 1.45. The molecular formula is C29H33NO7. The first kappa shape index (κ1) is 25.0. The molecule has 1 aromatic heterocycles. The van der Waals surface area contributed by atoms with Crippen molar-refractivity contribution in [2.45, 2.75) is 56.5 Å². The fraction of sp³-hybridized carbons (Fsp3) is 0.414. The van der Waals surface area contributed by atoms with E-state index in [-0.39, 0.29) is 54.0 Å². The van der Waals surface area contributed by atoms with E-state index in [4.69, 9.17) is 14.2 Å². The van der Waals surface area contributed by atoms with Gasteiger partial charge >= 0.3 is 0 Å². The summed E-state index contributed by atoms with van der Waals surface area (Å²) in [5, 5.41) is 30.8. The van der Waals surface area contributed by atoms with Crippen LogP contribution in [-0.4, -0.2) is 46.4 Å². The number of benzene rings is 2. The molecule has 37 heavy (non-hydrogen) atoms. The van der Waals surface area contributed by atoms with Gasteiger partial charge in [0.05, 0.1) is 25.7 Å². The van der Waals surface area contributed by atoms with Gasteiger partial charge < -0.3 is 34.5 Å². The van der Waals surface area contributed by atoms with E-state index in [1.165, 1.54) is 7.11 Å². The molecule has 5 rings (SSSR count). The molecule has 4 N–H and O–H groups in total. The Hall–Kier alpha value is -3.65. The van der Waals surface area contributed by atoms with Crippen LogP contribution in [0.3, 0.4) is 0 Å². The summed E-state index contributed by atoms with van der Waals surface area (Å²) in [5.74, 6) is 0.409. The number of methoxy groups -OCH3 is 1. The number of aliphatic hydroxyl groups excluding tert-OH is 1. The minimum absolute atomic E-state index is 0.0681. The number of ether oxygens (including phenoxy) is 3. The van der Waals surface area contributed by atoms with Gasteiger partial charge in [0.25, 0.3) is 0 Å². The van der Waals surface area contributed by atoms with Crippen molar-refractivity contribution in [3.05, 3.63) is 65.0 Å². The summed E-state index contributed by atoms with van der Waals surface area (Å²) < 4.78 is 18.2. The predicted octanol–water partition coefficient (Wildman–Crippen LogP) is 5.15. The number of fused-ring (bicyclic) bond motifs is 1. The molecule has 2 aliphatic rings. The van der Waals surface area contributed by atoms with Crippen LogP contribution < -0.4 is 14.2 Å². The van der Waals surface area contributed by atoms with Gasteiger partial charge in [0.2, 0.25) is 5.75 Å². The molecule has 2 aromatic carbocycles. The van der Waals surface area contributed by atoms with E-state index in [2.05, 4.69) is 4.98 Å². The molecule has 1 aliphatic heterocycles. The maximum Gasteiger partial charge on any atom is 0.204 e. The van der Waals surface area contributed by atoms with Crippen LogP contribution in [0, 0.1) is 0 Å². The highest BCUT2D eigenvalue weighted by Crippen LogP contribution is 2.60. The summed E-state index contributed by atoms with van der Waals surface area (Å²) in [6, 6.07) is 8.62. The molecule has 0 saturated heterocycles. The third kappa shape index (κ3) is 4.39. The topological polar surface area (TPSA) is 121 Å². The summed E-state index contributed by atoms with van der Waals surface area (Å²) in [6.07, 6.45) is 8.21. The maximum atomic E-state index is 13.8. The van der Waals surface area contributed by atoms with E-state index < -0.39 is 11.5 Å². The molecular weight excluding hydrogens is 474 g/mol. The van der Waals surface area contributed by atoms with E-state index in [9.17, 15) is 20.1 Å². The lowest BCUT2D eigenvalue weighted by atomic mass is 9.64. The number of rotatable bonds is 8. The van der Waals surface area contributed by atoms with E-state index >= 15 is 0 Å². The van der Waals surface area contributed by atoms with E-state index in [0.717, 1.165) is 43.2 Å². The maximum absolute atomic E-state index is 13.8. The number of nitrogens with one attached hydrogen (secondary N) is 1. The number of ketones is 1. The molecule has 0 bridgehead atoms. The second-order valence-corrected chi connectivity index (χ2v) is 9.78. The van der Waals surface area contributed by atoms with Crippen LogP contribution in [0.25, 0.3) is 0 Å². The zero-order chi connectivity index (χ0) is 26.0. The van der Waals surface area contributed by atoms with Gasteiger partial charge in [-0.15, -0.1) is 0 Å². The Morgan fingerprint density at radius 2 is 1.84 bits per heavy atom. The predicted molar refractivity (Wildman–Crippen MR) is 137 cm³/mol. The van der Waals surface area contributed by atoms with Crippen LogP contribution in [0.5, 0.6) is 28.7 Å². The number of aliphatic hydroxyl groups is 1. The van der Waals surface area contributed by atoms with E-state index in [1.54, 1.807) is 24.3 Å². The number of aromatic nitrogens is 1. The molecule has 8 nitrogen and oxygen atoms in total. The van der Waals surface area contributed by atoms with Crippen molar-refractivity contribution in [3.8, 4) is 28.7 Å². The number of Topliss-reactive ketones (excluding diaryl/α,β-unsaturated/α-hetero) is 1. The summed E-state index contributed by atoms with van der Waals surface area (Å²) >= 11 is 0. The lowest BCUT2D eigenvalue weighted by molar-refractivity contribution is 0.0832. The molecule has 0 amide bonds. The summed E-state index contributed by atoms with van der Waals surface area (Å²) in [4.78, 5) is 16.9. The Kier molecular flexibility index (Phi) is 7.02. The van der Waals surface area contributed by atoms with Gasteiger partial charge in [-0.25, -0.2) is 0 Å². The zero-order valence-electron chi connectivity index (χ0n) is 21.0. The van der Waals surface area contributed by atoms with Gasteiger partial charge in [0.15, 0.2) is 17.3 Å². The second-order valence-electron chi connectivity index (χ2n) is 9.78. The van der Waals surface area contributed by atoms with Crippen LogP contribution in [-0.2, 0) is 5.41 Å². The first-order chi connectivity index (χ1) is 18.0. The second kappa shape index (κ2) is 10.4. The van der Waals surface area contributed by atoms with Gasteiger partial charge in [-0.1, -0.05) is 31.4 Å². The number of phenols is 2. The Morgan fingerprint density at radius 3 is 2.49 bits per heavy atom. The SMILES string of the molecule is COc1c(O)c(C2(c3cc[nH]c3)CCCCC2)c2c(c1OCCCO)C(=O)CC(c1ccc(O)cc1)O2. The highest BCUT2D eigenvalue weighted by Gasteiger charge is 2.46. The van der Waals surface area contributed by atoms with Gasteiger partial charge in [0.1, 0.15) is 23.2 Å². The van der Waals surface area contributed by atoms with Crippen LogP contribution >= 0.6 is 0 Å². The normalized spacial score (nSPS) is 18.6. The molecule has 8 heteroatoms. The summed E-state index contributed by atoms with van der Waals surface area (Å²) in [5.41, 5.74) is 1.99. The molecule has 2 heterocycles. The zero-order valence-corrected chi connectivity index (χ0v) is 21.0. The number of aromatic amines is 1.